The van der Waals surface area contributed by atoms with Crippen LogP contribution in [0.4, 0.5) is 5.69 Å². The van der Waals surface area contributed by atoms with Gasteiger partial charge in [0.15, 0.2) is 16.9 Å². The van der Waals surface area contributed by atoms with Gasteiger partial charge in [0, 0.05) is 15.7 Å². The van der Waals surface area contributed by atoms with Gasteiger partial charge in [-0.25, -0.2) is 0 Å². The Labute approximate surface area is 230 Å². The second kappa shape index (κ2) is 10.4. The van der Waals surface area contributed by atoms with Gasteiger partial charge in [0.05, 0.1) is 30.7 Å². The summed E-state index contributed by atoms with van der Waals surface area (Å²) in [4.78, 5) is 29.2. The molecule has 3 aromatic carbocycles. The second-order valence-corrected chi connectivity index (χ2v) is 10.6. The maximum Gasteiger partial charge on any atom is 0.295 e. The minimum Gasteiger partial charge on any atom is -0.493 e. The van der Waals surface area contributed by atoms with Gasteiger partial charge in [0.25, 0.3) is 5.91 Å². The molecule has 0 saturated carbocycles. The SMILES string of the molecule is COc1cc(C2c3c(oc4ccc(Cl)cc4c3=O)C(=O)N2c2ccc(C)c(Cl)c2)ccc1OCCC(C)C. The van der Waals surface area contributed by atoms with Gasteiger partial charge in [-0.1, -0.05) is 49.2 Å². The number of halogens is 2. The van der Waals surface area contributed by atoms with Gasteiger partial charge >= 0.3 is 0 Å². The fourth-order valence-electron chi connectivity index (χ4n) is 4.64. The Morgan fingerprint density at radius 2 is 1.79 bits per heavy atom. The summed E-state index contributed by atoms with van der Waals surface area (Å²) in [5.41, 5.74) is 2.28. The average molecular weight is 552 g/mol. The van der Waals surface area contributed by atoms with Crippen LogP contribution in [0.3, 0.4) is 0 Å². The van der Waals surface area contributed by atoms with E-state index in [1.165, 1.54) is 4.90 Å². The number of aryl methyl sites for hydroxylation is 1. The van der Waals surface area contributed by atoms with Crippen molar-refractivity contribution >= 4 is 45.8 Å². The Bertz CT molecular complexity index is 1610. The number of carbonyl (C=O) groups is 1. The van der Waals surface area contributed by atoms with Gasteiger partial charge in [0.2, 0.25) is 5.76 Å². The molecule has 0 N–H and O–H groups in total. The number of benzene rings is 3. The summed E-state index contributed by atoms with van der Waals surface area (Å²) in [5.74, 6) is 1.14. The predicted molar refractivity (Wildman–Crippen MR) is 150 cm³/mol. The highest BCUT2D eigenvalue weighted by atomic mass is 35.5. The molecule has 4 aromatic rings. The number of fused-ring (bicyclic) bond motifs is 2. The molecule has 196 valence electrons. The zero-order valence-corrected chi connectivity index (χ0v) is 23.0. The number of methoxy groups -OCH3 is 1. The smallest absolute Gasteiger partial charge is 0.295 e. The molecule has 2 heterocycles. The van der Waals surface area contributed by atoms with Crippen LogP contribution in [0.1, 0.15) is 53.6 Å². The Morgan fingerprint density at radius 3 is 2.50 bits per heavy atom. The molecule has 1 amide bonds. The molecule has 0 fully saturated rings. The number of ether oxygens (including phenoxy) is 2. The number of hydrogen-bond acceptors (Lipinski definition) is 5. The van der Waals surface area contributed by atoms with E-state index >= 15 is 0 Å². The molecule has 0 saturated heterocycles. The fraction of sp³-hybridized carbons (Fsp3) is 0.267. The van der Waals surface area contributed by atoms with Crippen molar-refractivity contribution in [2.24, 2.45) is 5.92 Å². The molecule has 1 unspecified atom stereocenters. The normalized spacial score (nSPS) is 14.9. The van der Waals surface area contributed by atoms with Crippen molar-refractivity contribution < 1.29 is 18.7 Å². The maximum absolute atomic E-state index is 13.8. The summed E-state index contributed by atoms with van der Waals surface area (Å²) >= 11 is 12.6. The third-order valence-corrected chi connectivity index (χ3v) is 7.36. The lowest BCUT2D eigenvalue weighted by molar-refractivity contribution is 0.0971. The molecular weight excluding hydrogens is 525 g/mol. The number of rotatable bonds is 7. The molecule has 0 radical (unpaired) electrons. The second-order valence-electron chi connectivity index (χ2n) is 9.77. The monoisotopic (exact) mass is 551 g/mol. The van der Waals surface area contributed by atoms with Crippen molar-refractivity contribution in [3.05, 3.63) is 97.3 Å². The van der Waals surface area contributed by atoms with Crippen molar-refractivity contribution in [3.8, 4) is 11.5 Å². The molecule has 1 aromatic heterocycles. The van der Waals surface area contributed by atoms with Gasteiger partial charge in [-0.15, -0.1) is 0 Å². The minimum absolute atomic E-state index is 0.0113. The van der Waals surface area contributed by atoms with Gasteiger partial charge in [-0.05, 0) is 72.9 Å². The Hall–Kier alpha value is -3.48. The highest BCUT2D eigenvalue weighted by Gasteiger charge is 2.44. The lowest BCUT2D eigenvalue weighted by Gasteiger charge is -2.26. The average Bonchev–Trinajstić information content (AvgIpc) is 3.18. The lowest BCUT2D eigenvalue weighted by Crippen LogP contribution is -2.29. The molecule has 8 heteroatoms. The van der Waals surface area contributed by atoms with E-state index in [0.29, 0.717) is 56.3 Å². The Kier molecular flexibility index (Phi) is 7.12. The molecule has 6 nitrogen and oxygen atoms in total. The molecule has 1 aliphatic rings. The number of nitrogens with zero attached hydrogens (tertiary/aromatic N) is 1. The van der Waals surface area contributed by atoms with E-state index < -0.39 is 11.9 Å². The topological polar surface area (TPSA) is 69.0 Å². The van der Waals surface area contributed by atoms with Crippen LogP contribution in [0.5, 0.6) is 11.5 Å². The molecule has 0 aliphatic carbocycles. The van der Waals surface area contributed by atoms with Gasteiger partial charge < -0.3 is 13.9 Å². The van der Waals surface area contributed by atoms with Crippen LogP contribution in [0, 0.1) is 12.8 Å². The molecular formula is C30H27Cl2NO5. The fourth-order valence-corrected chi connectivity index (χ4v) is 4.98. The van der Waals surface area contributed by atoms with E-state index in [-0.39, 0.29) is 16.8 Å². The zero-order chi connectivity index (χ0) is 27.1. The summed E-state index contributed by atoms with van der Waals surface area (Å²) in [6.07, 6.45) is 0.897. The van der Waals surface area contributed by atoms with Crippen LogP contribution >= 0.6 is 23.2 Å². The molecule has 0 bridgehead atoms. The van der Waals surface area contributed by atoms with E-state index in [0.717, 1.165) is 12.0 Å². The van der Waals surface area contributed by atoms with E-state index in [1.54, 1.807) is 49.6 Å². The van der Waals surface area contributed by atoms with Crippen molar-refractivity contribution in [3.63, 3.8) is 0 Å². The number of amides is 1. The Balaban J connectivity index is 1.70. The van der Waals surface area contributed by atoms with Crippen molar-refractivity contribution in [2.75, 3.05) is 18.6 Å². The number of carbonyl (C=O) groups excluding carboxylic acids is 1. The molecule has 1 atom stereocenters. The van der Waals surface area contributed by atoms with Crippen LogP contribution in [0.2, 0.25) is 10.0 Å². The Morgan fingerprint density at radius 1 is 1.00 bits per heavy atom. The van der Waals surface area contributed by atoms with Crippen LogP contribution in [-0.4, -0.2) is 19.6 Å². The van der Waals surface area contributed by atoms with Gasteiger partial charge in [0.1, 0.15) is 5.58 Å². The number of hydrogen-bond donors (Lipinski definition) is 0. The van der Waals surface area contributed by atoms with Crippen LogP contribution in [0.25, 0.3) is 11.0 Å². The lowest BCUT2D eigenvalue weighted by atomic mass is 9.97. The van der Waals surface area contributed by atoms with Gasteiger partial charge in [-0.2, -0.15) is 0 Å². The van der Waals surface area contributed by atoms with Gasteiger partial charge in [-0.3, -0.25) is 14.5 Å². The number of anilines is 1. The zero-order valence-electron chi connectivity index (χ0n) is 21.5. The highest BCUT2D eigenvalue weighted by Crippen LogP contribution is 2.44. The summed E-state index contributed by atoms with van der Waals surface area (Å²) in [7, 11) is 1.56. The minimum atomic E-state index is -0.783. The largest absolute Gasteiger partial charge is 0.493 e. The highest BCUT2D eigenvalue weighted by molar-refractivity contribution is 6.32. The van der Waals surface area contributed by atoms with Crippen molar-refractivity contribution in [1.29, 1.82) is 0 Å². The first-order valence-electron chi connectivity index (χ1n) is 12.4. The summed E-state index contributed by atoms with van der Waals surface area (Å²) in [6.45, 7) is 6.69. The predicted octanol–water partition coefficient (Wildman–Crippen LogP) is 7.59. The molecule has 0 spiro atoms. The molecule has 38 heavy (non-hydrogen) atoms. The van der Waals surface area contributed by atoms with E-state index in [1.807, 2.05) is 19.1 Å². The van der Waals surface area contributed by atoms with Crippen molar-refractivity contribution in [2.45, 2.75) is 33.2 Å². The van der Waals surface area contributed by atoms with E-state index in [9.17, 15) is 9.59 Å². The molecule has 1 aliphatic heterocycles. The standard InChI is InChI=1S/C30H27Cl2NO5/c1-16(2)11-12-37-24-9-6-18(13-25(24)36-4)27-26-28(34)21-14-19(31)7-10-23(21)38-29(26)30(35)33(27)20-8-5-17(3)22(32)15-20/h5-10,13-16,27H,11-12H2,1-4H3. The maximum atomic E-state index is 13.8. The van der Waals surface area contributed by atoms with Crippen LogP contribution in [0.15, 0.2) is 63.8 Å². The molecule has 5 rings (SSSR count). The first-order valence-corrected chi connectivity index (χ1v) is 13.1. The summed E-state index contributed by atoms with van der Waals surface area (Å²) < 4.78 is 17.6. The first kappa shape index (κ1) is 26.1. The van der Waals surface area contributed by atoms with E-state index in [4.69, 9.17) is 37.1 Å². The van der Waals surface area contributed by atoms with E-state index in [2.05, 4.69) is 13.8 Å². The van der Waals surface area contributed by atoms with Crippen LogP contribution in [-0.2, 0) is 0 Å². The third-order valence-electron chi connectivity index (χ3n) is 6.72. The summed E-state index contributed by atoms with van der Waals surface area (Å²) in [6, 6.07) is 14.8. The quantitative estimate of drug-likeness (QED) is 0.236. The van der Waals surface area contributed by atoms with Crippen molar-refractivity contribution in [1.82, 2.24) is 0 Å². The summed E-state index contributed by atoms with van der Waals surface area (Å²) in [5, 5.41) is 1.21. The first-order chi connectivity index (χ1) is 18.2. The third kappa shape index (κ3) is 4.63. The van der Waals surface area contributed by atoms with Crippen LogP contribution < -0.4 is 19.8 Å².